The summed E-state index contributed by atoms with van der Waals surface area (Å²) in [6.45, 7) is 6.71. The molecule has 1 aliphatic rings. The lowest BCUT2D eigenvalue weighted by molar-refractivity contribution is 0.147. The molecule has 0 atom stereocenters. The second-order valence-electron chi connectivity index (χ2n) is 7.20. The van der Waals surface area contributed by atoms with Gasteiger partial charge in [-0.3, -0.25) is 4.98 Å². The Morgan fingerprint density at radius 2 is 1.29 bits per heavy atom. The molecule has 4 rings (SSSR count). The van der Waals surface area contributed by atoms with E-state index in [1.165, 1.54) is 22.3 Å². The largest absolute Gasteiger partial charge is 0.399 e. The van der Waals surface area contributed by atoms with E-state index in [1.807, 2.05) is 18.3 Å². The standard InChI is InChI=1S/C21H21NOSi/c1-24(2,3)23-21(20-14-8-9-15-22-20)18-12-6-4-10-16(18)17-11-5-7-13-19(17)21/h4-15H,1-3H3. The molecule has 2 aromatic carbocycles. The number of nitrogens with zero attached hydrogens (tertiary/aromatic N) is 1. The second kappa shape index (κ2) is 5.40. The first kappa shape index (κ1) is 15.3. The number of aromatic nitrogens is 1. The fourth-order valence-electron chi connectivity index (χ4n) is 3.66. The Morgan fingerprint density at radius 1 is 0.750 bits per heavy atom. The van der Waals surface area contributed by atoms with Crippen molar-refractivity contribution in [3.05, 3.63) is 89.7 Å². The maximum atomic E-state index is 6.90. The molecule has 24 heavy (non-hydrogen) atoms. The van der Waals surface area contributed by atoms with E-state index in [-0.39, 0.29) is 0 Å². The molecule has 0 saturated carbocycles. The van der Waals surface area contributed by atoms with Crippen molar-refractivity contribution in [1.82, 2.24) is 4.98 Å². The Labute approximate surface area is 144 Å². The highest BCUT2D eigenvalue weighted by molar-refractivity contribution is 6.69. The van der Waals surface area contributed by atoms with Gasteiger partial charge in [-0.25, -0.2) is 0 Å². The van der Waals surface area contributed by atoms with Gasteiger partial charge in [-0.1, -0.05) is 54.6 Å². The van der Waals surface area contributed by atoms with E-state index in [4.69, 9.17) is 9.41 Å². The molecule has 0 spiro atoms. The summed E-state index contributed by atoms with van der Waals surface area (Å²) in [7, 11) is -1.85. The zero-order chi connectivity index (χ0) is 16.8. The highest BCUT2D eigenvalue weighted by atomic mass is 28.4. The first-order valence-corrected chi connectivity index (χ1v) is 11.7. The zero-order valence-electron chi connectivity index (χ0n) is 14.3. The molecule has 0 fully saturated rings. The van der Waals surface area contributed by atoms with E-state index in [0.717, 1.165) is 5.69 Å². The molecular weight excluding hydrogens is 310 g/mol. The average Bonchev–Trinajstić information content (AvgIpc) is 2.86. The summed E-state index contributed by atoms with van der Waals surface area (Å²) in [6, 6.07) is 23.2. The van der Waals surface area contributed by atoms with Gasteiger partial charge in [0.15, 0.2) is 13.9 Å². The van der Waals surface area contributed by atoms with Gasteiger partial charge in [-0.05, 0) is 42.9 Å². The molecule has 0 unspecified atom stereocenters. The van der Waals surface area contributed by atoms with Gasteiger partial charge >= 0.3 is 0 Å². The van der Waals surface area contributed by atoms with Crippen LogP contribution >= 0.6 is 0 Å². The van der Waals surface area contributed by atoms with Gasteiger partial charge in [-0.15, -0.1) is 0 Å². The summed E-state index contributed by atoms with van der Waals surface area (Å²) in [5, 5.41) is 0. The molecule has 0 bridgehead atoms. The van der Waals surface area contributed by atoms with E-state index in [0.29, 0.717) is 0 Å². The molecule has 2 nitrogen and oxygen atoms in total. The topological polar surface area (TPSA) is 22.1 Å². The number of hydrogen-bond donors (Lipinski definition) is 0. The molecule has 1 aliphatic carbocycles. The summed E-state index contributed by atoms with van der Waals surface area (Å²) >= 11 is 0. The van der Waals surface area contributed by atoms with Gasteiger partial charge in [0.2, 0.25) is 0 Å². The summed E-state index contributed by atoms with van der Waals surface area (Å²) in [5.74, 6) is 0. The monoisotopic (exact) mass is 331 g/mol. The molecule has 0 radical (unpaired) electrons. The van der Waals surface area contributed by atoms with Crippen LogP contribution in [0.3, 0.4) is 0 Å². The highest BCUT2D eigenvalue weighted by Gasteiger charge is 2.48. The third kappa shape index (κ3) is 2.24. The minimum atomic E-state index is -1.85. The maximum Gasteiger partial charge on any atom is 0.185 e. The normalized spacial score (nSPS) is 15.0. The molecule has 3 aromatic rings. The van der Waals surface area contributed by atoms with E-state index >= 15 is 0 Å². The summed E-state index contributed by atoms with van der Waals surface area (Å²) in [6.07, 6.45) is 1.86. The van der Waals surface area contributed by atoms with Crippen molar-refractivity contribution < 1.29 is 4.43 Å². The number of hydrogen-bond acceptors (Lipinski definition) is 2. The van der Waals surface area contributed by atoms with Gasteiger partial charge < -0.3 is 4.43 Å². The van der Waals surface area contributed by atoms with Crippen LogP contribution in [0.2, 0.25) is 19.6 Å². The lowest BCUT2D eigenvalue weighted by Gasteiger charge is -2.37. The van der Waals surface area contributed by atoms with Crippen LogP contribution in [0.4, 0.5) is 0 Å². The summed E-state index contributed by atoms with van der Waals surface area (Å²) in [5.41, 5.74) is 5.25. The van der Waals surface area contributed by atoms with Crippen LogP contribution in [0, 0.1) is 0 Å². The summed E-state index contributed by atoms with van der Waals surface area (Å²) < 4.78 is 6.90. The van der Waals surface area contributed by atoms with E-state index in [9.17, 15) is 0 Å². The average molecular weight is 331 g/mol. The van der Waals surface area contributed by atoms with Crippen LogP contribution in [-0.2, 0) is 10.0 Å². The van der Waals surface area contributed by atoms with Gasteiger partial charge in [-0.2, -0.15) is 0 Å². The number of pyridine rings is 1. The molecule has 0 aliphatic heterocycles. The number of rotatable bonds is 3. The maximum absolute atomic E-state index is 6.90. The third-order valence-electron chi connectivity index (χ3n) is 4.39. The van der Waals surface area contributed by atoms with Crippen LogP contribution in [0.5, 0.6) is 0 Å². The first-order valence-electron chi connectivity index (χ1n) is 8.33. The third-order valence-corrected chi connectivity index (χ3v) is 5.31. The lowest BCUT2D eigenvalue weighted by atomic mass is 9.88. The minimum absolute atomic E-state index is 0.612. The van der Waals surface area contributed by atoms with Crippen LogP contribution in [0.1, 0.15) is 16.8 Å². The number of benzene rings is 2. The van der Waals surface area contributed by atoms with Crippen LogP contribution in [0.15, 0.2) is 72.9 Å². The predicted molar refractivity (Wildman–Crippen MR) is 100 cm³/mol. The molecule has 120 valence electrons. The lowest BCUT2D eigenvalue weighted by Crippen LogP contribution is -2.41. The fraction of sp³-hybridized carbons (Fsp3) is 0.190. The SMILES string of the molecule is C[Si](C)(C)OC1(c2ccccn2)c2ccccc2-c2ccccc21. The van der Waals surface area contributed by atoms with E-state index in [2.05, 4.69) is 74.2 Å². The zero-order valence-corrected chi connectivity index (χ0v) is 15.3. The van der Waals surface area contributed by atoms with Gasteiger partial charge in [0.05, 0.1) is 5.69 Å². The first-order chi connectivity index (χ1) is 11.5. The molecule has 3 heteroatoms. The second-order valence-corrected chi connectivity index (χ2v) is 11.6. The van der Waals surface area contributed by atoms with Gasteiger partial charge in [0.25, 0.3) is 0 Å². The fourth-order valence-corrected chi connectivity index (χ4v) is 4.91. The van der Waals surface area contributed by atoms with Crippen molar-refractivity contribution in [2.24, 2.45) is 0 Å². The molecular formula is C21H21NOSi. The Bertz CT molecular complexity index is 838. The Hall–Kier alpha value is -2.23. The van der Waals surface area contributed by atoms with Crippen molar-refractivity contribution in [2.45, 2.75) is 25.2 Å². The van der Waals surface area contributed by atoms with E-state index in [1.54, 1.807) is 0 Å². The van der Waals surface area contributed by atoms with Crippen molar-refractivity contribution >= 4 is 8.32 Å². The Kier molecular flexibility index (Phi) is 3.44. The van der Waals surface area contributed by atoms with Crippen molar-refractivity contribution in [3.8, 4) is 11.1 Å². The molecule has 0 amide bonds. The van der Waals surface area contributed by atoms with Crippen LogP contribution < -0.4 is 0 Å². The van der Waals surface area contributed by atoms with Crippen molar-refractivity contribution in [1.29, 1.82) is 0 Å². The minimum Gasteiger partial charge on any atom is -0.399 e. The molecule has 1 aromatic heterocycles. The van der Waals surface area contributed by atoms with Crippen LogP contribution in [-0.4, -0.2) is 13.3 Å². The van der Waals surface area contributed by atoms with E-state index < -0.39 is 13.9 Å². The van der Waals surface area contributed by atoms with Crippen molar-refractivity contribution in [2.75, 3.05) is 0 Å². The molecule has 1 heterocycles. The molecule has 0 saturated heterocycles. The van der Waals surface area contributed by atoms with Gasteiger partial charge in [0, 0.05) is 17.3 Å². The summed E-state index contributed by atoms with van der Waals surface area (Å²) in [4.78, 5) is 4.71. The van der Waals surface area contributed by atoms with Crippen LogP contribution in [0.25, 0.3) is 11.1 Å². The smallest absolute Gasteiger partial charge is 0.185 e. The van der Waals surface area contributed by atoms with Crippen molar-refractivity contribution in [3.63, 3.8) is 0 Å². The predicted octanol–water partition coefficient (Wildman–Crippen LogP) is 5.21. The quantitative estimate of drug-likeness (QED) is 0.615. The van der Waals surface area contributed by atoms with Gasteiger partial charge in [0.1, 0.15) is 0 Å². The number of fused-ring (bicyclic) bond motifs is 3. The molecule has 0 N–H and O–H groups in total. The Balaban J connectivity index is 2.10. The Morgan fingerprint density at radius 3 is 1.79 bits per heavy atom. The highest BCUT2D eigenvalue weighted by Crippen LogP contribution is 2.53.